The first-order valence-corrected chi connectivity index (χ1v) is 14.8. The molecule has 0 unspecified atom stereocenters. The molecule has 7 heteroatoms. The molecule has 2 aromatic rings. The summed E-state index contributed by atoms with van der Waals surface area (Å²) in [6, 6.07) is 13.5. The van der Waals surface area contributed by atoms with Gasteiger partial charge in [-0.3, -0.25) is 24.0 Å². The third-order valence-corrected chi connectivity index (χ3v) is 8.17. The van der Waals surface area contributed by atoms with Crippen molar-refractivity contribution in [3.63, 3.8) is 0 Å². The van der Waals surface area contributed by atoms with Crippen molar-refractivity contribution in [2.24, 2.45) is 23.7 Å². The molecule has 0 spiro atoms. The summed E-state index contributed by atoms with van der Waals surface area (Å²) >= 11 is 0. The van der Waals surface area contributed by atoms with Crippen molar-refractivity contribution >= 4 is 29.0 Å². The maximum atomic E-state index is 13.4. The summed E-state index contributed by atoms with van der Waals surface area (Å²) in [5.41, 5.74) is 1.16. The van der Waals surface area contributed by atoms with Crippen LogP contribution in [-0.4, -0.2) is 35.1 Å². The van der Waals surface area contributed by atoms with E-state index in [2.05, 4.69) is 5.32 Å². The Morgan fingerprint density at radius 2 is 1.49 bits per heavy atom. The Hall–Kier alpha value is -3.48. The number of ketones is 4. The van der Waals surface area contributed by atoms with Gasteiger partial charge in [0.15, 0.2) is 17.3 Å². The molecule has 220 valence electrons. The van der Waals surface area contributed by atoms with Gasteiger partial charge in [0.1, 0.15) is 5.82 Å². The van der Waals surface area contributed by atoms with Crippen molar-refractivity contribution < 1.29 is 28.4 Å². The minimum absolute atomic E-state index is 0.0864. The molecule has 0 aromatic heterocycles. The summed E-state index contributed by atoms with van der Waals surface area (Å²) in [5, 5.41) is 2.74. The average Bonchev–Trinajstić information content (AvgIpc) is 2.96. The first kappa shape index (κ1) is 32.0. The van der Waals surface area contributed by atoms with Crippen molar-refractivity contribution in [1.82, 2.24) is 5.32 Å². The number of hydrogen-bond acceptors (Lipinski definition) is 5. The molecule has 0 radical (unpaired) electrons. The Balaban J connectivity index is 1.66. The fourth-order valence-corrected chi connectivity index (χ4v) is 5.53. The topological polar surface area (TPSA) is 97.4 Å². The van der Waals surface area contributed by atoms with Crippen molar-refractivity contribution in [3.8, 4) is 0 Å². The van der Waals surface area contributed by atoms with Crippen LogP contribution in [0.5, 0.6) is 0 Å². The van der Waals surface area contributed by atoms with Crippen LogP contribution in [0, 0.1) is 29.5 Å². The lowest BCUT2D eigenvalue weighted by Gasteiger charge is -2.24. The van der Waals surface area contributed by atoms with Crippen LogP contribution < -0.4 is 5.32 Å². The van der Waals surface area contributed by atoms with Gasteiger partial charge in [-0.1, -0.05) is 88.4 Å². The van der Waals surface area contributed by atoms with E-state index in [-0.39, 0.29) is 49.1 Å². The van der Waals surface area contributed by atoms with Crippen LogP contribution >= 0.6 is 0 Å². The van der Waals surface area contributed by atoms with Crippen molar-refractivity contribution in [1.29, 1.82) is 0 Å². The minimum Gasteiger partial charge on any atom is -0.346 e. The number of hydrogen-bond donors (Lipinski definition) is 1. The molecule has 1 amide bonds. The molecule has 6 nitrogen and oxygen atoms in total. The summed E-state index contributed by atoms with van der Waals surface area (Å²) in [5.74, 6) is -3.84. The highest BCUT2D eigenvalue weighted by atomic mass is 19.1. The van der Waals surface area contributed by atoms with E-state index >= 15 is 0 Å². The standard InChI is InChI=1S/C34H42FNO5/c1-22(2)29(33(40)32(39)19-24-10-6-4-7-11-24)21-30(37)23(3)36-34(41)27(18-25-14-16-28(35)17-15-25)20-31(38)26-12-8-5-9-13-26/h5,8-9,12-17,22-24,27,29H,4,6-7,10-11,18-21H2,1-3H3,(H,36,41)/t23-,27-,29-/m0/s1. The lowest BCUT2D eigenvalue weighted by Crippen LogP contribution is -2.44. The fraction of sp³-hybridized carbons (Fsp3) is 0.500. The lowest BCUT2D eigenvalue weighted by atomic mass is 9.80. The Morgan fingerprint density at radius 1 is 0.854 bits per heavy atom. The molecule has 1 saturated carbocycles. The molecule has 0 heterocycles. The maximum Gasteiger partial charge on any atom is 0.224 e. The van der Waals surface area contributed by atoms with Crippen LogP contribution in [0.4, 0.5) is 4.39 Å². The summed E-state index contributed by atoms with van der Waals surface area (Å²) in [6.45, 7) is 5.20. The SMILES string of the molecule is CC(C)[C@H](CC(=O)[C@H](C)NC(=O)[C@H](CC(=O)c1ccccc1)Cc1ccc(F)cc1)C(=O)C(=O)CC1CCCCC1. The summed E-state index contributed by atoms with van der Waals surface area (Å²) in [4.78, 5) is 65.4. The first-order valence-electron chi connectivity index (χ1n) is 14.8. The molecule has 1 aliphatic rings. The first-order chi connectivity index (χ1) is 19.5. The van der Waals surface area contributed by atoms with Crippen LogP contribution in [0.3, 0.4) is 0 Å². The minimum atomic E-state index is -0.910. The molecule has 41 heavy (non-hydrogen) atoms. The van der Waals surface area contributed by atoms with E-state index < -0.39 is 41.2 Å². The van der Waals surface area contributed by atoms with E-state index in [1.54, 1.807) is 49.4 Å². The Labute approximate surface area is 242 Å². The number of nitrogens with one attached hydrogen (secondary N) is 1. The fourth-order valence-electron chi connectivity index (χ4n) is 5.53. The number of carbonyl (C=O) groups is 5. The monoisotopic (exact) mass is 563 g/mol. The predicted molar refractivity (Wildman–Crippen MR) is 156 cm³/mol. The second-order valence-corrected chi connectivity index (χ2v) is 11.8. The van der Waals surface area contributed by atoms with E-state index in [4.69, 9.17) is 0 Å². The maximum absolute atomic E-state index is 13.4. The summed E-state index contributed by atoms with van der Waals surface area (Å²) in [6.07, 6.45) is 5.44. The largest absolute Gasteiger partial charge is 0.346 e. The Bertz CT molecular complexity index is 1200. The van der Waals surface area contributed by atoms with Crippen LogP contribution in [0.1, 0.15) is 88.1 Å². The van der Waals surface area contributed by atoms with Crippen LogP contribution in [0.2, 0.25) is 0 Å². The number of carbonyl (C=O) groups excluding carboxylic acids is 5. The van der Waals surface area contributed by atoms with Gasteiger partial charge in [-0.05, 0) is 42.9 Å². The molecule has 1 aliphatic carbocycles. The molecular weight excluding hydrogens is 521 g/mol. The third-order valence-electron chi connectivity index (χ3n) is 8.17. The van der Waals surface area contributed by atoms with Gasteiger partial charge in [0, 0.05) is 36.7 Å². The Kier molecular flexibility index (Phi) is 12.1. The number of rotatable bonds is 15. The van der Waals surface area contributed by atoms with Gasteiger partial charge in [0.05, 0.1) is 6.04 Å². The zero-order chi connectivity index (χ0) is 29.9. The molecule has 3 atom stereocenters. The molecule has 2 aromatic carbocycles. The van der Waals surface area contributed by atoms with E-state index in [1.807, 2.05) is 13.8 Å². The van der Waals surface area contributed by atoms with Crippen molar-refractivity contribution in [2.75, 3.05) is 0 Å². The highest BCUT2D eigenvalue weighted by molar-refractivity contribution is 6.38. The zero-order valence-corrected chi connectivity index (χ0v) is 24.4. The third kappa shape index (κ3) is 9.83. The van der Waals surface area contributed by atoms with Gasteiger partial charge in [-0.15, -0.1) is 0 Å². The Morgan fingerprint density at radius 3 is 2.10 bits per heavy atom. The smallest absolute Gasteiger partial charge is 0.224 e. The van der Waals surface area contributed by atoms with E-state index in [9.17, 15) is 28.4 Å². The van der Waals surface area contributed by atoms with Gasteiger partial charge in [-0.25, -0.2) is 4.39 Å². The van der Waals surface area contributed by atoms with Crippen molar-refractivity contribution in [3.05, 3.63) is 71.5 Å². The van der Waals surface area contributed by atoms with Gasteiger partial charge in [-0.2, -0.15) is 0 Å². The normalized spacial score (nSPS) is 16.0. The number of halogens is 1. The highest BCUT2D eigenvalue weighted by Gasteiger charge is 2.33. The van der Waals surface area contributed by atoms with Crippen LogP contribution in [0.15, 0.2) is 54.6 Å². The van der Waals surface area contributed by atoms with Gasteiger partial charge < -0.3 is 5.32 Å². The number of Topliss-reactive ketones (excluding diaryl/α,β-unsaturated/α-hetero) is 4. The molecular formula is C34H42FNO5. The second kappa shape index (κ2) is 15.5. The molecule has 1 N–H and O–H groups in total. The second-order valence-electron chi connectivity index (χ2n) is 11.8. The predicted octanol–water partition coefficient (Wildman–Crippen LogP) is 6.10. The molecule has 0 saturated heterocycles. The quantitative estimate of drug-likeness (QED) is 0.209. The van der Waals surface area contributed by atoms with Gasteiger partial charge in [0.25, 0.3) is 0 Å². The van der Waals surface area contributed by atoms with Crippen LogP contribution in [-0.2, 0) is 25.6 Å². The van der Waals surface area contributed by atoms with E-state index in [1.165, 1.54) is 12.1 Å². The lowest BCUT2D eigenvalue weighted by molar-refractivity contribution is -0.142. The average molecular weight is 564 g/mol. The highest BCUT2D eigenvalue weighted by Crippen LogP contribution is 2.28. The number of amides is 1. The van der Waals surface area contributed by atoms with Crippen molar-refractivity contribution in [2.45, 2.75) is 84.6 Å². The zero-order valence-electron chi connectivity index (χ0n) is 24.4. The molecule has 0 bridgehead atoms. The molecule has 1 fully saturated rings. The van der Waals surface area contributed by atoms with E-state index in [0.29, 0.717) is 11.1 Å². The van der Waals surface area contributed by atoms with Gasteiger partial charge >= 0.3 is 0 Å². The number of benzene rings is 2. The van der Waals surface area contributed by atoms with E-state index in [0.717, 1.165) is 32.1 Å². The molecule has 0 aliphatic heterocycles. The molecule has 3 rings (SSSR count). The summed E-state index contributed by atoms with van der Waals surface area (Å²) < 4.78 is 13.4. The summed E-state index contributed by atoms with van der Waals surface area (Å²) in [7, 11) is 0. The van der Waals surface area contributed by atoms with Gasteiger partial charge in [0.2, 0.25) is 11.7 Å². The van der Waals surface area contributed by atoms with Crippen LogP contribution in [0.25, 0.3) is 0 Å².